The van der Waals surface area contributed by atoms with Crippen LogP contribution in [0.1, 0.15) is 34.6 Å². The number of hydrogen-bond acceptors (Lipinski definition) is 14. The van der Waals surface area contributed by atoms with Gasteiger partial charge in [-0.2, -0.15) is 0 Å². The van der Waals surface area contributed by atoms with Crippen molar-refractivity contribution in [2.75, 3.05) is 20.3 Å². The standard InChI is InChI=1S/C24H36O14/c1-8-9-31-23-17(29)20(18(30-7)11(2)33-23)38-24-22(36-15(6)28)21(35-14(5)27)19(34-13(4)26)16(37-24)10-32-12(3)25/h8,11,16-24,29H,1,9-10H2,2-7H3/t11-,16+,17+,18-,19+,20-,21-,22+,23+,24-/m0/s1. The highest BCUT2D eigenvalue weighted by molar-refractivity contribution is 5.68. The van der Waals surface area contributed by atoms with Gasteiger partial charge in [-0.25, -0.2) is 0 Å². The Morgan fingerprint density at radius 1 is 0.816 bits per heavy atom. The van der Waals surface area contributed by atoms with Crippen LogP contribution in [0, 0.1) is 0 Å². The second kappa shape index (κ2) is 14.5. The van der Waals surface area contributed by atoms with Crippen LogP contribution < -0.4 is 0 Å². The SMILES string of the molecule is C=CCO[C@@H]1O[C@@H](C)[C@H](OC)[C@@H](O[C@@H]2O[C@H](COC(C)=O)[C@@H](OC(C)=O)[C@H](OC(C)=O)[C@H]2OC(C)=O)[C@H]1O. The molecule has 0 bridgehead atoms. The van der Waals surface area contributed by atoms with Gasteiger partial charge >= 0.3 is 23.9 Å². The number of carbonyl (C=O) groups is 4. The summed E-state index contributed by atoms with van der Waals surface area (Å²) in [4.78, 5) is 47.4. The van der Waals surface area contributed by atoms with Crippen LogP contribution in [0.5, 0.6) is 0 Å². The van der Waals surface area contributed by atoms with Gasteiger partial charge in [0.2, 0.25) is 0 Å². The lowest BCUT2D eigenvalue weighted by atomic mass is 9.96. The van der Waals surface area contributed by atoms with E-state index in [4.69, 9.17) is 42.6 Å². The first kappa shape index (κ1) is 31.6. The summed E-state index contributed by atoms with van der Waals surface area (Å²) < 4.78 is 50.0. The molecule has 0 spiro atoms. The number of ether oxygens (including phenoxy) is 9. The summed E-state index contributed by atoms with van der Waals surface area (Å²) in [6.07, 6.45) is -10.7. The molecular formula is C24H36O14. The maximum atomic E-state index is 12.0. The molecular weight excluding hydrogens is 512 g/mol. The van der Waals surface area contributed by atoms with Gasteiger partial charge in [0.15, 0.2) is 30.9 Å². The predicted octanol–water partition coefficient (Wildman–Crippen LogP) is -0.222. The molecule has 2 heterocycles. The zero-order valence-corrected chi connectivity index (χ0v) is 22.2. The average molecular weight is 549 g/mol. The summed E-state index contributed by atoms with van der Waals surface area (Å²) in [5.41, 5.74) is 0. The van der Waals surface area contributed by atoms with Crippen LogP contribution in [-0.2, 0) is 61.8 Å². The normalized spacial score (nSPS) is 35.0. The van der Waals surface area contributed by atoms with Crippen molar-refractivity contribution in [2.45, 2.75) is 96.0 Å². The van der Waals surface area contributed by atoms with E-state index < -0.39 is 91.9 Å². The molecule has 0 radical (unpaired) electrons. The molecule has 1 N–H and O–H groups in total. The van der Waals surface area contributed by atoms with Gasteiger partial charge in [0.1, 0.15) is 31.0 Å². The minimum absolute atomic E-state index is 0.0673. The fourth-order valence-electron chi connectivity index (χ4n) is 4.22. The molecule has 38 heavy (non-hydrogen) atoms. The third-order valence-electron chi connectivity index (χ3n) is 5.64. The van der Waals surface area contributed by atoms with Crippen LogP contribution in [0.4, 0.5) is 0 Å². The Kier molecular flexibility index (Phi) is 12.1. The van der Waals surface area contributed by atoms with Crippen LogP contribution in [-0.4, -0.2) is 111 Å². The predicted molar refractivity (Wildman–Crippen MR) is 124 cm³/mol. The smallest absolute Gasteiger partial charge is 0.303 e. The highest BCUT2D eigenvalue weighted by atomic mass is 16.8. The van der Waals surface area contributed by atoms with E-state index >= 15 is 0 Å². The van der Waals surface area contributed by atoms with Crippen molar-refractivity contribution in [3.8, 4) is 0 Å². The molecule has 0 unspecified atom stereocenters. The number of carbonyl (C=O) groups excluding carboxylic acids is 4. The van der Waals surface area contributed by atoms with Crippen molar-refractivity contribution in [3.05, 3.63) is 12.7 Å². The van der Waals surface area contributed by atoms with Crippen LogP contribution >= 0.6 is 0 Å². The summed E-state index contributed by atoms with van der Waals surface area (Å²) in [5.74, 6) is -3.00. The summed E-state index contributed by atoms with van der Waals surface area (Å²) in [7, 11) is 1.38. The number of aliphatic hydroxyl groups is 1. The van der Waals surface area contributed by atoms with Crippen molar-refractivity contribution in [1.82, 2.24) is 0 Å². The molecule has 0 amide bonds. The van der Waals surface area contributed by atoms with Gasteiger partial charge in [0, 0.05) is 34.8 Å². The van der Waals surface area contributed by atoms with Gasteiger partial charge in [-0.1, -0.05) is 6.08 Å². The van der Waals surface area contributed by atoms with E-state index in [2.05, 4.69) is 6.58 Å². The van der Waals surface area contributed by atoms with Crippen LogP contribution in [0.2, 0.25) is 0 Å². The van der Waals surface area contributed by atoms with Gasteiger partial charge in [-0.3, -0.25) is 19.2 Å². The van der Waals surface area contributed by atoms with E-state index in [0.717, 1.165) is 27.7 Å². The Morgan fingerprint density at radius 2 is 1.39 bits per heavy atom. The Morgan fingerprint density at radius 3 is 1.92 bits per heavy atom. The van der Waals surface area contributed by atoms with Crippen LogP contribution in [0.15, 0.2) is 12.7 Å². The molecule has 0 saturated carbocycles. The van der Waals surface area contributed by atoms with Crippen LogP contribution in [0.3, 0.4) is 0 Å². The monoisotopic (exact) mass is 548 g/mol. The number of esters is 4. The Bertz CT molecular complexity index is 846. The van der Waals surface area contributed by atoms with Gasteiger partial charge in [-0.15, -0.1) is 6.58 Å². The van der Waals surface area contributed by atoms with Crippen molar-refractivity contribution >= 4 is 23.9 Å². The molecule has 0 aromatic heterocycles. The molecule has 14 heteroatoms. The number of hydrogen-bond donors (Lipinski definition) is 1. The largest absolute Gasteiger partial charge is 0.463 e. The molecule has 14 nitrogen and oxygen atoms in total. The van der Waals surface area contributed by atoms with E-state index in [1.165, 1.54) is 13.2 Å². The minimum Gasteiger partial charge on any atom is -0.463 e. The van der Waals surface area contributed by atoms with Gasteiger partial charge < -0.3 is 47.7 Å². The van der Waals surface area contributed by atoms with E-state index in [1.807, 2.05) is 0 Å². The van der Waals surface area contributed by atoms with Gasteiger partial charge in [0.05, 0.1) is 12.7 Å². The highest BCUT2D eigenvalue weighted by Gasteiger charge is 2.55. The van der Waals surface area contributed by atoms with Crippen molar-refractivity contribution < 1.29 is 66.9 Å². The van der Waals surface area contributed by atoms with E-state index in [-0.39, 0.29) is 6.61 Å². The Hall–Kier alpha value is -2.62. The number of rotatable bonds is 11. The Labute approximate surface area is 220 Å². The molecule has 2 aliphatic heterocycles. The highest BCUT2D eigenvalue weighted by Crippen LogP contribution is 2.34. The summed E-state index contributed by atoms with van der Waals surface area (Å²) in [5, 5.41) is 11.0. The zero-order valence-electron chi connectivity index (χ0n) is 22.2. The van der Waals surface area contributed by atoms with Crippen LogP contribution in [0.25, 0.3) is 0 Å². The summed E-state index contributed by atoms with van der Waals surface area (Å²) >= 11 is 0. The average Bonchev–Trinajstić information content (AvgIpc) is 2.81. The summed E-state index contributed by atoms with van der Waals surface area (Å²) in [6.45, 7) is 9.37. The van der Waals surface area contributed by atoms with E-state index in [0.29, 0.717) is 0 Å². The maximum Gasteiger partial charge on any atom is 0.303 e. The quantitative estimate of drug-likeness (QED) is 0.204. The van der Waals surface area contributed by atoms with E-state index in [1.54, 1.807) is 6.92 Å². The first-order valence-corrected chi connectivity index (χ1v) is 11.9. The van der Waals surface area contributed by atoms with Crippen molar-refractivity contribution in [2.24, 2.45) is 0 Å². The molecule has 2 rings (SSSR count). The second-order valence-electron chi connectivity index (χ2n) is 8.69. The molecule has 10 atom stereocenters. The van der Waals surface area contributed by atoms with E-state index in [9.17, 15) is 24.3 Å². The minimum atomic E-state index is -1.52. The van der Waals surface area contributed by atoms with Gasteiger partial charge in [-0.05, 0) is 6.92 Å². The number of methoxy groups -OCH3 is 1. The molecule has 2 fully saturated rings. The molecule has 0 aromatic rings. The lowest BCUT2D eigenvalue weighted by molar-refractivity contribution is -0.359. The molecule has 2 saturated heterocycles. The third kappa shape index (κ3) is 8.44. The van der Waals surface area contributed by atoms with Gasteiger partial charge in [0.25, 0.3) is 0 Å². The van der Waals surface area contributed by atoms with Crippen molar-refractivity contribution in [1.29, 1.82) is 0 Å². The topological polar surface area (TPSA) is 172 Å². The van der Waals surface area contributed by atoms with Crippen molar-refractivity contribution in [3.63, 3.8) is 0 Å². The molecule has 0 aliphatic carbocycles. The first-order chi connectivity index (χ1) is 17.9. The third-order valence-corrected chi connectivity index (χ3v) is 5.64. The lowest BCUT2D eigenvalue weighted by Gasteiger charge is -2.48. The Balaban J connectivity index is 2.49. The lowest BCUT2D eigenvalue weighted by Crippen LogP contribution is -2.66. The fourth-order valence-corrected chi connectivity index (χ4v) is 4.22. The maximum absolute atomic E-state index is 12.0. The molecule has 216 valence electrons. The first-order valence-electron chi connectivity index (χ1n) is 11.9. The summed E-state index contributed by atoms with van der Waals surface area (Å²) in [6, 6.07) is 0. The molecule has 2 aliphatic rings. The second-order valence-corrected chi connectivity index (χ2v) is 8.69. The number of aliphatic hydroxyl groups excluding tert-OH is 1. The fraction of sp³-hybridized carbons (Fsp3) is 0.750. The molecule has 0 aromatic carbocycles. The zero-order chi connectivity index (χ0) is 28.6.